The van der Waals surface area contributed by atoms with E-state index in [0.29, 0.717) is 6.61 Å². The number of unbranched alkanes of at least 4 members (excludes halogenated alkanes) is 1. The molecule has 4 heteroatoms. The van der Waals surface area contributed by atoms with Crippen LogP contribution in [0.25, 0.3) is 0 Å². The Balaban J connectivity index is 2.34. The van der Waals surface area contributed by atoms with Gasteiger partial charge in [-0.15, -0.1) is 0 Å². The van der Waals surface area contributed by atoms with Gasteiger partial charge in [-0.2, -0.15) is 0 Å². The van der Waals surface area contributed by atoms with Crippen LogP contribution in [0.1, 0.15) is 39.0 Å². The fourth-order valence-electron chi connectivity index (χ4n) is 1.84. The maximum absolute atomic E-state index is 11.7. The fraction of sp³-hybridized carbons (Fsp3) is 0.909. The Morgan fingerprint density at radius 2 is 2.33 bits per heavy atom. The minimum atomic E-state index is -0.164. The zero-order valence-corrected chi connectivity index (χ0v) is 9.79. The van der Waals surface area contributed by atoms with Crippen LogP contribution in [-0.2, 0) is 4.74 Å². The van der Waals surface area contributed by atoms with Gasteiger partial charge in [-0.3, -0.25) is 4.90 Å². The number of carbonyl (C=O) groups excluding carboxylic acids is 1. The summed E-state index contributed by atoms with van der Waals surface area (Å²) in [5, 5.41) is 3.15. The molecule has 1 N–H and O–H groups in total. The van der Waals surface area contributed by atoms with E-state index in [0.717, 1.165) is 32.2 Å². The molecule has 1 rings (SSSR count). The van der Waals surface area contributed by atoms with E-state index in [9.17, 15) is 4.79 Å². The zero-order valence-electron chi connectivity index (χ0n) is 9.79. The Morgan fingerprint density at radius 3 is 3.00 bits per heavy atom. The number of carbonyl (C=O) groups is 1. The second kappa shape index (κ2) is 6.67. The third-order valence-corrected chi connectivity index (χ3v) is 2.79. The van der Waals surface area contributed by atoms with Crippen LogP contribution in [-0.4, -0.2) is 37.4 Å². The normalized spacial score (nSPS) is 21.5. The third kappa shape index (κ3) is 3.70. The van der Waals surface area contributed by atoms with Crippen molar-refractivity contribution < 1.29 is 9.53 Å². The smallest absolute Gasteiger partial charge is 0.411 e. The number of piperidine rings is 1. The van der Waals surface area contributed by atoms with Crippen LogP contribution < -0.4 is 5.32 Å². The highest BCUT2D eigenvalue weighted by Crippen LogP contribution is 2.15. The van der Waals surface area contributed by atoms with Crippen LogP contribution in [0.15, 0.2) is 0 Å². The maximum atomic E-state index is 11.7. The quantitative estimate of drug-likeness (QED) is 0.727. The van der Waals surface area contributed by atoms with E-state index in [1.165, 1.54) is 6.42 Å². The Labute approximate surface area is 92.0 Å². The third-order valence-electron chi connectivity index (χ3n) is 2.79. The molecule has 1 saturated heterocycles. The molecule has 1 unspecified atom stereocenters. The van der Waals surface area contributed by atoms with Crippen molar-refractivity contribution in [1.82, 2.24) is 10.2 Å². The van der Waals surface area contributed by atoms with Crippen molar-refractivity contribution in [2.45, 2.75) is 45.2 Å². The molecule has 1 aliphatic rings. The molecule has 1 atom stereocenters. The monoisotopic (exact) mass is 214 g/mol. The van der Waals surface area contributed by atoms with Gasteiger partial charge in [0.15, 0.2) is 0 Å². The van der Waals surface area contributed by atoms with E-state index in [-0.39, 0.29) is 12.3 Å². The second-order valence-corrected chi connectivity index (χ2v) is 3.96. The molecule has 0 aromatic rings. The van der Waals surface area contributed by atoms with E-state index >= 15 is 0 Å². The molecule has 15 heavy (non-hydrogen) atoms. The molecule has 0 aliphatic carbocycles. The molecule has 1 heterocycles. The summed E-state index contributed by atoms with van der Waals surface area (Å²) in [7, 11) is 1.89. The van der Waals surface area contributed by atoms with Crippen molar-refractivity contribution in [2.24, 2.45) is 0 Å². The molecule has 0 aromatic heterocycles. The van der Waals surface area contributed by atoms with Gasteiger partial charge < -0.3 is 10.1 Å². The topological polar surface area (TPSA) is 41.6 Å². The van der Waals surface area contributed by atoms with Crippen molar-refractivity contribution >= 4 is 6.09 Å². The molecule has 0 saturated carbocycles. The number of nitrogens with one attached hydrogen (secondary N) is 1. The van der Waals surface area contributed by atoms with Gasteiger partial charge >= 0.3 is 6.09 Å². The van der Waals surface area contributed by atoms with Crippen molar-refractivity contribution in [3.63, 3.8) is 0 Å². The summed E-state index contributed by atoms with van der Waals surface area (Å²) in [6, 6.07) is 0. The van der Waals surface area contributed by atoms with Gasteiger partial charge in [0.05, 0.1) is 12.8 Å². The summed E-state index contributed by atoms with van der Waals surface area (Å²) in [5.41, 5.74) is 0. The minimum absolute atomic E-state index is 0.160. The summed E-state index contributed by atoms with van der Waals surface area (Å²) in [6.45, 7) is 3.45. The lowest BCUT2D eigenvalue weighted by Gasteiger charge is -2.34. The van der Waals surface area contributed by atoms with Crippen LogP contribution in [0.3, 0.4) is 0 Å². The van der Waals surface area contributed by atoms with Gasteiger partial charge in [0.25, 0.3) is 0 Å². The van der Waals surface area contributed by atoms with E-state index < -0.39 is 0 Å². The molecule has 0 bridgehead atoms. The molecule has 0 aromatic carbocycles. The molecule has 4 nitrogen and oxygen atoms in total. The average Bonchev–Trinajstić information content (AvgIpc) is 2.29. The Morgan fingerprint density at radius 1 is 1.53 bits per heavy atom. The molecule has 0 spiro atoms. The van der Waals surface area contributed by atoms with Crippen LogP contribution in [0.5, 0.6) is 0 Å². The Bertz CT molecular complexity index is 197. The zero-order chi connectivity index (χ0) is 11.1. The highest BCUT2D eigenvalue weighted by Gasteiger charge is 2.26. The maximum Gasteiger partial charge on any atom is 0.411 e. The predicted octanol–water partition coefficient (Wildman–Crippen LogP) is 1.95. The number of nitrogens with zero attached hydrogens (tertiary/aromatic N) is 1. The van der Waals surface area contributed by atoms with Gasteiger partial charge in [0, 0.05) is 6.54 Å². The first-order chi connectivity index (χ1) is 7.29. The van der Waals surface area contributed by atoms with Crippen molar-refractivity contribution in [3.8, 4) is 0 Å². The van der Waals surface area contributed by atoms with Gasteiger partial charge in [-0.1, -0.05) is 13.3 Å². The van der Waals surface area contributed by atoms with Crippen molar-refractivity contribution in [1.29, 1.82) is 0 Å². The average molecular weight is 214 g/mol. The first kappa shape index (κ1) is 12.3. The molecular formula is C11H22N2O2. The van der Waals surface area contributed by atoms with Gasteiger partial charge in [-0.05, 0) is 32.7 Å². The lowest BCUT2D eigenvalue weighted by molar-refractivity contribution is 0.0655. The van der Waals surface area contributed by atoms with E-state index in [2.05, 4.69) is 12.2 Å². The van der Waals surface area contributed by atoms with E-state index in [1.807, 2.05) is 7.05 Å². The largest absolute Gasteiger partial charge is 0.449 e. The van der Waals surface area contributed by atoms with Crippen LogP contribution in [0.2, 0.25) is 0 Å². The fourth-order valence-corrected chi connectivity index (χ4v) is 1.84. The molecule has 1 amide bonds. The Kier molecular flexibility index (Phi) is 5.47. The van der Waals surface area contributed by atoms with Gasteiger partial charge in [-0.25, -0.2) is 4.79 Å². The summed E-state index contributed by atoms with van der Waals surface area (Å²) < 4.78 is 5.20. The van der Waals surface area contributed by atoms with Crippen LogP contribution in [0.4, 0.5) is 4.79 Å². The molecule has 1 aliphatic heterocycles. The highest BCUT2D eigenvalue weighted by atomic mass is 16.6. The van der Waals surface area contributed by atoms with Crippen LogP contribution >= 0.6 is 0 Å². The van der Waals surface area contributed by atoms with E-state index in [1.54, 1.807) is 4.90 Å². The first-order valence-corrected chi connectivity index (χ1v) is 5.90. The SMILES string of the molecule is CCCCOC(=O)N1CCCCC1NC. The van der Waals surface area contributed by atoms with Crippen molar-refractivity contribution in [3.05, 3.63) is 0 Å². The van der Waals surface area contributed by atoms with E-state index in [4.69, 9.17) is 4.74 Å². The summed E-state index contributed by atoms with van der Waals surface area (Å²) in [6.07, 6.45) is 5.30. The number of hydrogen-bond acceptors (Lipinski definition) is 3. The summed E-state index contributed by atoms with van der Waals surface area (Å²) in [4.78, 5) is 13.5. The van der Waals surface area contributed by atoms with Gasteiger partial charge in [0.2, 0.25) is 0 Å². The first-order valence-electron chi connectivity index (χ1n) is 5.90. The van der Waals surface area contributed by atoms with Crippen LogP contribution in [0, 0.1) is 0 Å². The number of amides is 1. The standard InChI is InChI=1S/C11H22N2O2/c1-3-4-9-15-11(14)13-8-6-5-7-10(13)12-2/h10,12H,3-9H2,1-2H3. The lowest BCUT2D eigenvalue weighted by atomic mass is 10.1. The number of ether oxygens (including phenoxy) is 1. The second-order valence-electron chi connectivity index (χ2n) is 3.96. The predicted molar refractivity (Wildman–Crippen MR) is 59.7 cm³/mol. The summed E-state index contributed by atoms with van der Waals surface area (Å²) >= 11 is 0. The number of hydrogen-bond donors (Lipinski definition) is 1. The van der Waals surface area contributed by atoms with Gasteiger partial charge in [0.1, 0.15) is 0 Å². The number of rotatable bonds is 4. The molecule has 0 radical (unpaired) electrons. The Hall–Kier alpha value is -0.770. The van der Waals surface area contributed by atoms with Crippen molar-refractivity contribution in [2.75, 3.05) is 20.2 Å². The highest BCUT2D eigenvalue weighted by molar-refractivity contribution is 5.68. The minimum Gasteiger partial charge on any atom is -0.449 e. The lowest BCUT2D eigenvalue weighted by Crippen LogP contribution is -2.50. The number of likely N-dealkylation sites (tertiary alicyclic amines) is 1. The summed E-state index contributed by atoms with van der Waals surface area (Å²) in [5.74, 6) is 0. The molecule has 1 fully saturated rings. The molecular weight excluding hydrogens is 192 g/mol. The molecule has 88 valence electrons.